The van der Waals surface area contributed by atoms with Gasteiger partial charge in [-0.05, 0) is 28.8 Å². The first-order valence-electron chi connectivity index (χ1n) is 5.35. The van der Waals surface area contributed by atoms with Gasteiger partial charge in [-0.1, -0.05) is 20.8 Å². The van der Waals surface area contributed by atoms with E-state index in [1.807, 2.05) is 0 Å². The van der Waals surface area contributed by atoms with E-state index in [-0.39, 0.29) is 11.5 Å². The van der Waals surface area contributed by atoms with Gasteiger partial charge in [0, 0.05) is 12.0 Å². The molecule has 3 nitrogen and oxygen atoms in total. The second-order valence-corrected chi connectivity index (χ2v) is 5.92. The normalized spacial score (nSPS) is 21.5. The van der Waals surface area contributed by atoms with Crippen molar-refractivity contribution in [1.82, 2.24) is 9.55 Å². The van der Waals surface area contributed by atoms with Gasteiger partial charge in [-0.25, -0.2) is 4.98 Å². The Bertz CT molecular complexity index is 379. The number of aromatic nitrogens is 2. The van der Waals surface area contributed by atoms with Crippen LogP contribution in [0.3, 0.4) is 0 Å². The largest absolute Gasteiger partial charge is 0.387 e. The highest BCUT2D eigenvalue weighted by Crippen LogP contribution is 2.35. The fraction of sp³-hybridized carbons (Fsp3) is 0.727. The molecule has 1 unspecified atom stereocenters. The molecule has 0 aliphatic carbocycles. The van der Waals surface area contributed by atoms with Gasteiger partial charge in [0.15, 0.2) is 0 Å². The Morgan fingerprint density at radius 1 is 1.47 bits per heavy atom. The number of imidazole rings is 1. The highest BCUT2D eigenvalue weighted by molar-refractivity contribution is 9.10. The van der Waals surface area contributed by atoms with Gasteiger partial charge in [0.2, 0.25) is 0 Å². The maximum Gasteiger partial charge on any atom is 0.130 e. The summed E-state index contributed by atoms with van der Waals surface area (Å²) in [5.74, 6) is 1.06. The Morgan fingerprint density at radius 3 is 2.73 bits per heavy atom. The van der Waals surface area contributed by atoms with Crippen molar-refractivity contribution in [2.45, 2.75) is 51.7 Å². The van der Waals surface area contributed by atoms with Crippen LogP contribution in [0.1, 0.15) is 51.2 Å². The van der Waals surface area contributed by atoms with Crippen LogP contribution >= 0.6 is 15.9 Å². The first kappa shape index (κ1) is 11.1. The monoisotopic (exact) mass is 272 g/mol. The molecule has 4 heteroatoms. The van der Waals surface area contributed by atoms with Gasteiger partial charge in [0.1, 0.15) is 10.4 Å². The van der Waals surface area contributed by atoms with E-state index < -0.39 is 0 Å². The smallest absolute Gasteiger partial charge is 0.130 e. The quantitative estimate of drug-likeness (QED) is 0.789. The van der Waals surface area contributed by atoms with Gasteiger partial charge in [0.05, 0.1) is 11.8 Å². The van der Waals surface area contributed by atoms with Crippen molar-refractivity contribution < 1.29 is 5.11 Å². The summed E-state index contributed by atoms with van der Waals surface area (Å²) >= 11 is 3.44. The molecular formula is C11H17BrN2O. The maximum absolute atomic E-state index is 9.93. The van der Waals surface area contributed by atoms with E-state index in [1.165, 1.54) is 0 Å². The van der Waals surface area contributed by atoms with Crippen molar-refractivity contribution in [2.75, 3.05) is 0 Å². The molecule has 84 valence electrons. The van der Waals surface area contributed by atoms with E-state index in [0.29, 0.717) is 0 Å². The lowest BCUT2D eigenvalue weighted by Gasteiger charge is -2.25. The first-order chi connectivity index (χ1) is 6.91. The fourth-order valence-electron chi connectivity index (χ4n) is 2.13. The Hall–Kier alpha value is -0.350. The molecule has 1 N–H and O–H groups in total. The molecule has 2 heterocycles. The molecule has 1 aromatic rings. The lowest BCUT2D eigenvalue weighted by Crippen LogP contribution is -2.23. The number of aliphatic hydroxyl groups excluding tert-OH is 1. The van der Waals surface area contributed by atoms with Crippen molar-refractivity contribution in [2.24, 2.45) is 0 Å². The second kappa shape index (κ2) is 3.59. The minimum absolute atomic E-state index is 0.0256. The van der Waals surface area contributed by atoms with Crippen LogP contribution in [0.15, 0.2) is 4.60 Å². The fourth-order valence-corrected chi connectivity index (χ4v) is 2.78. The van der Waals surface area contributed by atoms with E-state index >= 15 is 0 Å². The first-order valence-corrected chi connectivity index (χ1v) is 6.15. The standard InChI is InChI=1S/C11H17BrN2O/c1-11(2,3)10-13-9(12)8-7(15)5-4-6-14(8)10/h7,15H,4-6H2,1-3H3. The van der Waals surface area contributed by atoms with Crippen LogP contribution in [0.2, 0.25) is 0 Å². The lowest BCUT2D eigenvalue weighted by molar-refractivity contribution is 0.136. The third-order valence-corrected chi connectivity index (χ3v) is 3.39. The Morgan fingerprint density at radius 2 is 2.13 bits per heavy atom. The number of hydrogen-bond acceptors (Lipinski definition) is 2. The zero-order valence-electron chi connectivity index (χ0n) is 9.42. The zero-order valence-corrected chi connectivity index (χ0v) is 11.0. The SMILES string of the molecule is CC(C)(C)c1nc(Br)c2n1CCCC2O. The number of fused-ring (bicyclic) bond motifs is 1. The molecule has 1 aliphatic heterocycles. The summed E-state index contributed by atoms with van der Waals surface area (Å²) in [7, 11) is 0. The van der Waals surface area contributed by atoms with Crippen LogP contribution in [0, 0.1) is 0 Å². The minimum atomic E-state index is -0.364. The summed E-state index contributed by atoms with van der Waals surface area (Å²) < 4.78 is 2.97. The van der Waals surface area contributed by atoms with Crippen LogP contribution < -0.4 is 0 Å². The summed E-state index contributed by atoms with van der Waals surface area (Å²) in [5, 5.41) is 9.93. The van der Waals surface area contributed by atoms with Gasteiger partial charge < -0.3 is 9.67 Å². The third-order valence-electron chi connectivity index (χ3n) is 2.81. The number of halogens is 1. The van der Waals surface area contributed by atoms with E-state index in [0.717, 1.165) is 35.5 Å². The van der Waals surface area contributed by atoms with Gasteiger partial charge in [-0.15, -0.1) is 0 Å². The molecule has 0 radical (unpaired) electrons. The van der Waals surface area contributed by atoms with Gasteiger partial charge in [0.25, 0.3) is 0 Å². The summed E-state index contributed by atoms with van der Waals surface area (Å²) in [6.45, 7) is 7.42. The third kappa shape index (κ3) is 1.85. The second-order valence-electron chi connectivity index (χ2n) is 5.17. The molecule has 0 saturated heterocycles. The summed E-state index contributed by atoms with van der Waals surface area (Å²) in [5.41, 5.74) is 0.976. The summed E-state index contributed by atoms with van der Waals surface area (Å²) in [4.78, 5) is 4.53. The predicted molar refractivity (Wildman–Crippen MR) is 62.8 cm³/mol. The van der Waals surface area contributed by atoms with E-state index in [2.05, 4.69) is 46.3 Å². The Balaban J connectivity index is 2.56. The van der Waals surface area contributed by atoms with Crippen molar-refractivity contribution in [3.05, 3.63) is 16.1 Å². The number of aliphatic hydroxyl groups is 1. The molecule has 0 fully saturated rings. The highest BCUT2D eigenvalue weighted by Gasteiger charge is 2.30. The van der Waals surface area contributed by atoms with Crippen molar-refractivity contribution in [1.29, 1.82) is 0 Å². The van der Waals surface area contributed by atoms with Crippen LogP contribution in [-0.2, 0) is 12.0 Å². The molecule has 1 atom stereocenters. The average molecular weight is 273 g/mol. The molecule has 0 bridgehead atoms. The van der Waals surface area contributed by atoms with E-state index in [4.69, 9.17) is 0 Å². The predicted octanol–water partition coefficient (Wildman–Crippen LogP) is 2.77. The summed E-state index contributed by atoms with van der Waals surface area (Å²) in [6, 6.07) is 0. The molecule has 1 aromatic heterocycles. The van der Waals surface area contributed by atoms with E-state index in [1.54, 1.807) is 0 Å². The van der Waals surface area contributed by atoms with Gasteiger partial charge in [-0.3, -0.25) is 0 Å². The average Bonchev–Trinajstić information content (AvgIpc) is 2.44. The molecule has 1 aliphatic rings. The van der Waals surface area contributed by atoms with Crippen LogP contribution in [0.4, 0.5) is 0 Å². The minimum Gasteiger partial charge on any atom is -0.387 e. The van der Waals surface area contributed by atoms with Crippen LogP contribution in [-0.4, -0.2) is 14.7 Å². The van der Waals surface area contributed by atoms with Gasteiger partial charge in [-0.2, -0.15) is 0 Å². The number of nitrogens with zero attached hydrogens (tertiary/aromatic N) is 2. The highest BCUT2D eigenvalue weighted by atomic mass is 79.9. The molecule has 15 heavy (non-hydrogen) atoms. The van der Waals surface area contributed by atoms with Crippen molar-refractivity contribution in [3.63, 3.8) is 0 Å². The lowest BCUT2D eigenvalue weighted by atomic mass is 9.95. The Kier molecular flexibility index (Phi) is 2.67. The molecule has 0 amide bonds. The number of hydrogen-bond donors (Lipinski definition) is 1. The van der Waals surface area contributed by atoms with Crippen LogP contribution in [0.25, 0.3) is 0 Å². The summed E-state index contributed by atoms with van der Waals surface area (Å²) in [6.07, 6.45) is 1.50. The van der Waals surface area contributed by atoms with Crippen LogP contribution in [0.5, 0.6) is 0 Å². The topological polar surface area (TPSA) is 38.0 Å². The molecule has 0 aromatic carbocycles. The maximum atomic E-state index is 9.93. The molecule has 2 rings (SSSR count). The zero-order chi connectivity index (χ0) is 11.2. The van der Waals surface area contributed by atoms with Crippen molar-refractivity contribution >= 4 is 15.9 Å². The molecular weight excluding hydrogens is 256 g/mol. The van der Waals surface area contributed by atoms with Gasteiger partial charge >= 0.3 is 0 Å². The molecule has 0 spiro atoms. The molecule has 0 saturated carbocycles. The van der Waals surface area contributed by atoms with E-state index in [9.17, 15) is 5.11 Å². The van der Waals surface area contributed by atoms with Crippen molar-refractivity contribution in [3.8, 4) is 0 Å². The Labute approximate surface area is 98.6 Å². The number of rotatable bonds is 0.